The van der Waals surface area contributed by atoms with Crippen molar-refractivity contribution in [1.29, 1.82) is 5.26 Å². The standard InChI is InChI=1S/C18H11BrN2OS/c19-13-8-5-12(6-9-13)7-10-16(22)14(11-20)18-21-15-3-1-2-4-17(15)23-18/h1-10,14H/b10-7+. The van der Waals surface area contributed by atoms with Crippen LogP contribution in [0.5, 0.6) is 0 Å². The zero-order chi connectivity index (χ0) is 16.2. The molecule has 1 unspecified atom stereocenters. The molecule has 0 saturated heterocycles. The van der Waals surface area contributed by atoms with E-state index in [1.165, 1.54) is 17.4 Å². The van der Waals surface area contributed by atoms with Crippen LogP contribution in [0.4, 0.5) is 0 Å². The topological polar surface area (TPSA) is 53.8 Å². The molecule has 2 aromatic carbocycles. The summed E-state index contributed by atoms with van der Waals surface area (Å²) in [5, 5.41) is 9.91. The molecule has 3 nitrogen and oxygen atoms in total. The third-order valence-corrected chi connectivity index (χ3v) is 4.91. The van der Waals surface area contributed by atoms with Gasteiger partial charge in [0.2, 0.25) is 0 Å². The Morgan fingerprint density at radius 3 is 2.65 bits per heavy atom. The number of aromatic nitrogens is 1. The largest absolute Gasteiger partial charge is 0.293 e. The van der Waals surface area contributed by atoms with Crippen LogP contribution in [0.3, 0.4) is 0 Å². The first kappa shape index (κ1) is 15.6. The van der Waals surface area contributed by atoms with Crippen LogP contribution in [-0.2, 0) is 4.79 Å². The summed E-state index contributed by atoms with van der Waals surface area (Å²) in [7, 11) is 0. The van der Waals surface area contributed by atoms with Crippen LogP contribution in [0.1, 0.15) is 16.5 Å². The van der Waals surface area contributed by atoms with Gasteiger partial charge in [-0.05, 0) is 35.9 Å². The summed E-state index contributed by atoms with van der Waals surface area (Å²) in [5.74, 6) is -1.12. The van der Waals surface area contributed by atoms with Crippen LogP contribution in [0.2, 0.25) is 0 Å². The Morgan fingerprint density at radius 1 is 1.22 bits per heavy atom. The number of rotatable bonds is 4. The lowest BCUT2D eigenvalue weighted by molar-refractivity contribution is -0.114. The van der Waals surface area contributed by atoms with Crippen molar-refractivity contribution in [2.75, 3.05) is 0 Å². The molecule has 0 bridgehead atoms. The number of hydrogen-bond donors (Lipinski definition) is 0. The minimum Gasteiger partial charge on any atom is -0.293 e. The van der Waals surface area contributed by atoms with E-state index in [0.717, 1.165) is 20.3 Å². The molecular weight excluding hydrogens is 372 g/mol. The quantitative estimate of drug-likeness (QED) is 0.599. The van der Waals surface area contributed by atoms with Gasteiger partial charge in [-0.1, -0.05) is 46.3 Å². The maximum absolute atomic E-state index is 12.3. The highest BCUT2D eigenvalue weighted by Gasteiger charge is 2.21. The zero-order valence-electron chi connectivity index (χ0n) is 11.9. The van der Waals surface area contributed by atoms with Crippen molar-refractivity contribution in [1.82, 2.24) is 4.98 Å². The number of ketones is 1. The molecule has 5 heteroatoms. The van der Waals surface area contributed by atoms with Crippen molar-refractivity contribution < 1.29 is 4.79 Å². The number of benzene rings is 2. The Labute approximate surface area is 146 Å². The molecule has 0 aliphatic heterocycles. The van der Waals surface area contributed by atoms with E-state index in [1.54, 1.807) is 6.08 Å². The Hall–Kier alpha value is -2.29. The van der Waals surface area contributed by atoms with Crippen LogP contribution in [0, 0.1) is 11.3 Å². The summed E-state index contributed by atoms with van der Waals surface area (Å²) in [6.07, 6.45) is 3.16. The third-order valence-electron chi connectivity index (χ3n) is 3.28. The molecule has 3 rings (SSSR count). The number of carbonyl (C=O) groups excluding carboxylic acids is 1. The van der Waals surface area contributed by atoms with Crippen LogP contribution in [0.25, 0.3) is 16.3 Å². The van der Waals surface area contributed by atoms with Crippen LogP contribution < -0.4 is 0 Å². The first-order chi connectivity index (χ1) is 11.2. The fourth-order valence-corrected chi connectivity index (χ4v) is 3.39. The van der Waals surface area contributed by atoms with E-state index in [2.05, 4.69) is 27.0 Å². The average Bonchev–Trinajstić information content (AvgIpc) is 2.98. The molecule has 0 radical (unpaired) electrons. The second-order valence-electron chi connectivity index (χ2n) is 4.87. The van der Waals surface area contributed by atoms with E-state index in [0.29, 0.717) is 5.01 Å². The van der Waals surface area contributed by atoms with Gasteiger partial charge in [0, 0.05) is 4.47 Å². The number of thiazole rings is 1. The predicted octanol–water partition coefficient (Wildman–Crippen LogP) is 4.95. The molecule has 0 amide bonds. The van der Waals surface area contributed by atoms with Crippen molar-refractivity contribution in [2.45, 2.75) is 5.92 Å². The van der Waals surface area contributed by atoms with Gasteiger partial charge in [0.25, 0.3) is 0 Å². The van der Waals surface area contributed by atoms with Gasteiger partial charge in [-0.2, -0.15) is 5.26 Å². The van der Waals surface area contributed by atoms with Crippen molar-refractivity contribution in [3.63, 3.8) is 0 Å². The highest BCUT2D eigenvalue weighted by molar-refractivity contribution is 9.10. The fourth-order valence-electron chi connectivity index (χ4n) is 2.10. The fraction of sp³-hybridized carbons (Fsp3) is 0.0556. The molecule has 0 aliphatic rings. The second kappa shape index (κ2) is 6.86. The summed E-state index contributed by atoms with van der Waals surface area (Å²) in [6.45, 7) is 0. The molecule has 112 valence electrons. The first-order valence-electron chi connectivity index (χ1n) is 6.90. The Bertz CT molecular complexity index is 889. The van der Waals surface area contributed by atoms with Gasteiger partial charge in [-0.15, -0.1) is 11.3 Å². The number of carbonyl (C=O) groups is 1. The van der Waals surface area contributed by atoms with E-state index >= 15 is 0 Å². The summed E-state index contributed by atoms with van der Waals surface area (Å²) in [6, 6.07) is 17.3. The number of allylic oxidation sites excluding steroid dienone is 1. The Kier molecular flexibility index (Phi) is 4.65. The molecule has 3 aromatic rings. The van der Waals surface area contributed by atoms with Crippen LogP contribution in [-0.4, -0.2) is 10.8 Å². The highest BCUT2D eigenvalue weighted by atomic mass is 79.9. The maximum atomic E-state index is 12.3. The monoisotopic (exact) mass is 382 g/mol. The van der Waals surface area contributed by atoms with Crippen molar-refractivity contribution >= 4 is 49.3 Å². The molecule has 0 saturated carbocycles. The maximum Gasteiger partial charge on any atom is 0.179 e. The van der Waals surface area contributed by atoms with Gasteiger partial charge in [-0.25, -0.2) is 4.98 Å². The van der Waals surface area contributed by atoms with Crippen molar-refractivity contribution in [2.24, 2.45) is 0 Å². The van der Waals surface area contributed by atoms with Gasteiger partial charge in [-0.3, -0.25) is 4.79 Å². The second-order valence-corrected chi connectivity index (χ2v) is 6.85. The molecule has 0 aliphatic carbocycles. The molecule has 1 atom stereocenters. The van der Waals surface area contributed by atoms with E-state index in [9.17, 15) is 10.1 Å². The van der Waals surface area contributed by atoms with Crippen LogP contribution in [0.15, 0.2) is 59.1 Å². The number of nitrogens with zero attached hydrogens (tertiary/aromatic N) is 2. The normalized spacial score (nSPS) is 12.3. The highest BCUT2D eigenvalue weighted by Crippen LogP contribution is 2.28. The molecule has 0 spiro atoms. The summed E-state index contributed by atoms with van der Waals surface area (Å²) in [5.41, 5.74) is 1.72. The average molecular weight is 383 g/mol. The van der Waals surface area contributed by atoms with E-state index in [-0.39, 0.29) is 5.78 Å². The lowest BCUT2D eigenvalue weighted by Crippen LogP contribution is -2.07. The van der Waals surface area contributed by atoms with E-state index < -0.39 is 5.92 Å². The number of halogens is 1. The Morgan fingerprint density at radius 2 is 1.96 bits per heavy atom. The third kappa shape index (κ3) is 3.55. The minimum atomic E-state index is -0.862. The first-order valence-corrected chi connectivity index (χ1v) is 8.51. The molecule has 1 aromatic heterocycles. The van der Waals surface area contributed by atoms with E-state index in [1.807, 2.05) is 48.5 Å². The number of hydrogen-bond acceptors (Lipinski definition) is 4. The van der Waals surface area contributed by atoms with Gasteiger partial charge in [0.1, 0.15) is 5.01 Å². The van der Waals surface area contributed by atoms with Crippen molar-refractivity contribution in [3.8, 4) is 6.07 Å². The molecular formula is C18H11BrN2OS. The molecule has 0 N–H and O–H groups in total. The van der Waals surface area contributed by atoms with E-state index in [4.69, 9.17) is 0 Å². The SMILES string of the molecule is N#CC(C(=O)/C=C/c1ccc(Br)cc1)c1nc2ccccc2s1. The summed E-state index contributed by atoms with van der Waals surface area (Å²) < 4.78 is 1.96. The zero-order valence-corrected chi connectivity index (χ0v) is 14.3. The smallest absolute Gasteiger partial charge is 0.179 e. The minimum absolute atomic E-state index is 0.255. The van der Waals surface area contributed by atoms with Gasteiger partial charge in [0.15, 0.2) is 11.7 Å². The lowest BCUT2D eigenvalue weighted by Gasteiger charge is -2.00. The Balaban J connectivity index is 1.84. The number of fused-ring (bicyclic) bond motifs is 1. The van der Waals surface area contributed by atoms with Gasteiger partial charge in [0.05, 0.1) is 16.3 Å². The van der Waals surface area contributed by atoms with Gasteiger partial charge < -0.3 is 0 Å². The summed E-state index contributed by atoms with van der Waals surface area (Å²) >= 11 is 4.75. The lowest BCUT2D eigenvalue weighted by atomic mass is 10.1. The number of para-hydroxylation sites is 1. The molecule has 1 heterocycles. The predicted molar refractivity (Wildman–Crippen MR) is 96.2 cm³/mol. The number of nitriles is 1. The van der Waals surface area contributed by atoms with Gasteiger partial charge >= 0.3 is 0 Å². The van der Waals surface area contributed by atoms with Crippen LogP contribution >= 0.6 is 27.3 Å². The van der Waals surface area contributed by atoms with Crippen molar-refractivity contribution in [3.05, 3.63) is 69.7 Å². The molecule has 23 heavy (non-hydrogen) atoms. The summed E-state index contributed by atoms with van der Waals surface area (Å²) in [4.78, 5) is 16.7. The molecule has 0 fully saturated rings.